The molecule has 0 aliphatic rings. The third-order valence-corrected chi connectivity index (χ3v) is 0.510. The van der Waals surface area contributed by atoms with Crippen molar-refractivity contribution in [3.8, 4) is 6.19 Å². The first-order valence-corrected chi connectivity index (χ1v) is 2.49. The normalized spacial score (nSPS) is 11.8. The van der Waals surface area contributed by atoms with Gasteiger partial charge in [-0.05, 0) is 5.41 Å². The van der Waals surface area contributed by atoms with Crippen molar-refractivity contribution in [2.45, 2.75) is 20.8 Å². The number of rotatable bonds is 0. The van der Waals surface area contributed by atoms with E-state index >= 15 is 0 Å². The van der Waals surface area contributed by atoms with Crippen LogP contribution in [-0.2, 0) is 0 Å². The van der Waals surface area contributed by atoms with Crippen LogP contribution in [0.5, 0.6) is 0 Å². The summed E-state index contributed by atoms with van der Waals surface area (Å²) in [5, 5.41) is 7.98. The molecule has 0 atom stereocenters. The molecule has 0 rings (SSSR count). The molecular weight excluding hydrogens is 100 g/mol. The Labute approximate surface area is 49.9 Å². The van der Waals surface area contributed by atoms with Crippen LogP contribution in [0.25, 0.3) is 0 Å². The second-order valence-corrected chi connectivity index (χ2v) is 2.72. The molecule has 0 aromatic heterocycles. The van der Waals surface area contributed by atoms with E-state index in [2.05, 4.69) is 4.99 Å². The highest BCUT2D eigenvalue weighted by Gasteiger charge is 2.03. The molecule has 2 nitrogen and oxygen atoms in total. The van der Waals surface area contributed by atoms with Gasteiger partial charge >= 0.3 is 0 Å². The summed E-state index contributed by atoms with van der Waals surface area (Å²) in [6.45, 7) is 5.98. The molecule has 0 amide bonds. The first kappa shape index (κ1) is 7.16. The minimum atomic E-state index is 0.0374. The summed E-state index contributed by atoms with van der Waals surface area (Å²) in [6.07, 6.45) is 3.33. The van der Waals surface area contributed by atoms with Crippen molar-refractivity contribution < 1.29 is 0 Å². The molecule has 0 radical (unpaired) electrons. The van der Waals surface area contributed by atoms with Crippen molar-refractivity contribution in [3.05, 3.63) is 0 Å². The zero-order chi connectivity index (χ0) is 6.62. The van der Waals surface area contributed by atoms with Crippen LogP contribution in [0.15, 0.2) is 4.99 Å². The van der Waals surface area contributed by atoms with Crippen molar-refractivity contribution in [2.24, 2.45) is 10.4 Å². The highest BCUT2D eigenvalue weighted by molar-refractivity contribution is 5.64. The van der Waals surface area contributed by atoms with Crippen molar-refractivity contribution in [2.75, 3.05) is 0 Å². The molecule has 0 heterocycles. The first-order valence-electron chi connectivity index (χ1n) is 2.49. The zero-order valence-corrected chi connectivity index (χ0v) is 5.47. The molecule has 0 unspecified atom stereocenters. The van der Waals surface area contributed by atoms with Gasteiger partial charge in [-0.3, -0.25) is 0 Å². The molecule has 0 fully saturated rings. The predicted octanol–water partition coefficient (Wildman–Crippen LogP) is 1.58. The van der Waals surface area contributed by atoms with Crippen LogP contribution in [0.2, 0.25) is 0 Å². The Kier molecular flexibility index (Phi) is 2.20. The van der Waals surface area contributed by atoms with Crippen molar-refractivity contribution >= 4 is 6.21 Å². The van der Waals surface area contributed by atoms with Crippen LogP contribution in [-0.4, -0.2) is 6.21 Å². The van der Waals surface area contributed by atoms with E-state index in [-0.39, 0.29) is 5.41 Å². The van der Waals surface area contributed by atoms with Gasteiger partial charge in [0.05, 0.1) is 0 Å². The van der Waals surface area contributed by atoms with Crippen LogP contribution in [0, 0.1) is 16.9 Å². The third-order valence-electron chi connectivity index (χ3n) is 0.510. The lowest BCUT2D eigenvalue weighted by Gasteiger charge is -2.07. The van der Waals surface area contributed by atoms with E-state index in [4.69, 9.17) is 5.26 Å². The van der Waals surface area contributed by atoms with E-state index in [0.29, 0.717) is 0 Å². The summed E-state index contributed by atoms with van der Waals surface area (Å²) in [5.74, 6) is 0. The van der Waals surface area contributed by atoms with Crippen LogP contribution in [0.4, 0.5) is 0 Å². The molecule has 0 saturated heterocycles. The highest BCUT2D eigenvalue weighted by Crippen LogP contribution is 2.07. The number of hydrogen-bond donors (Lipinski definition) is 0. The summed E-state index contributed by atoms with van der Waals surface area (Å²) in [4.78, 5) is 3.42. The van der Waals surface area contributed by atoms with Crippen molar-refractivity contribution in [1.29, 1.82) is 5.26 Å². The first-order chi connectivity index (χ1) is 3.56. The maximum Gasteiger partial charge on any atom is 0.205 e. The fourth-order valence-corrected chi connectivity index (χ4v) is 0.223. The van der Waals surface area contributed by atoms with E-state index in [1.165, 1.54) is 0 Å². The Morgan fingerprint density at radius 2 is 2.00 bits per heavy atom. The van der Waals surface area contributed by atoms with Crippen molar-refractivity contribution in [3.63, 3.8) is 0 Å². The molecule has 0 aliphatic carbocycles. The summed E-state index contributed by atoms with van der Waals surface area (Å²) in [7, 11) is 0. The van der Waals surface area contributed by atoms with E-state index in [9.17, 15) is 0 Å². The molecule has 44 valence electrons. The average Bonchev–Trinajstić information content (AvgIpc) is 1.59. The molecular formula is C6H10N2. The third kappa shape index (κ3) is 5.16. The van der Waals surface area contributed by atoms with Gasteiger partial charge < -0.3 is 0 Å². The van der Waals surface area contributed by atoms with Gasteiger partial charge in [-0.1, -0.05) is 20.8 Å². The Morgan fingerprint density at radius 1 is 1.50 bits per heavy atom. The lowest BCUT2D eigenvalue weighted by atomic mass is 9.99. The van der Waals surface area contributed by atoms with Gasteiger partial charge in [0, 0.05) is 6.21 Å². The fraction of sp³-hybridized carbons (Fsp3) is 0.667. The number of nitrogens with zero attached hydrogens (tertiary/aromatic N) is 2. The highest BCUT2D eigenvalue weighted by atomic mass is 14.7. The van der Waals surface area contributed by atoms with E-state index in [1.54, 1.807) is 12.4 Å². The van der Waals surface area contributed by atoms with E-state index in [0.717, 1.165) is 0 Å². The van der Waals surface area contributed by atoms with Crippen LogP contribution in [0.3, 0.4) is 0 Å². The molecule has 0 aliphatic heterocycles. The second kappa shape index (κ2) is 2.46. The second-order valence-electron chi connectivity index (χ2n) is 2.72. The maximum atomic E-state index is 7.98. The summed E-state index contributed by atoms with van der Waals surface area (Å²) in [5.41, 5.74) is 0.0374. The average molecular weight is 110 g/mol. The van der Waals surface area contributed by atoms with E-state index in [1.807, 2.05) is 20.8 Å². The number of aliphatic imine (C=N–C) groups is 1. The van der Waals surface area contributed by atoms with Crippen LogP contribution in [0.1, 0.15) is 20.8 Å². The predicted molar refractivity (Wildman–Crippen MR) is 33.6 cm³/mol. The van der Waals surface area contributed by atoms with Gasteiger partial charge in [-0.25, -0.2) is 0 Å². The molecule has 0 aromatic rings. The standard InChI is InChI=1S/C6H10N2/c1-6(2,3)4-8-5-7/h4H,1-3H3. The zero-order valence-electron chi connectivity index (χ0n) is 5.47. The molecule has 0 bridgehead atoms. The van der Waals surface area contributed by atoms with Crippen molar-refractivity contribution in [1.82, 2.24) is 0 Å². The monoisotopic (exact) mass is 110 g/mol. The largest absolute Gasteiger partial charge is 0.205 e. The maximum absolute atomic E-state index is 7.98. The number of nitriles is 1. The molecule has 0 spiro atoms. The van der Waals surface area contributed by atoms with Gasteiger partial charge in [-0.2, -0.15) is 10.3 Å². The summed E-state index contributed by atoms with van der Waals surface area (Å²) in [6, 6.07) is 0. The number of hydrogen-bond acceptors (Lipinski definition) is 2. The molecule has 0 N–H and O–H groups in total. The minimum Gasteiger partial charge on any atom is -0.186 e. The topological polar surface area (TPSA) is 36.1 Å². The molecule has 2 heteroatoms. The lowest BCUT2D eigenvalue weighted by molar-refractivity contribution is 0.607. The smallest absolute Gasteiger partial charge is 0.186 e. The van der Waals surface area contributed by atoms with Crippen LogP contribution < -0.4 is 0 Å². The van der Waals surface area contributed by atoms with Crippen LogP contribution >= 0.6 is 0 Å². The lowest BCUT2D eigenvalue weighted by Crippen LogP contribution is -2.05. The van der Waals surface area contributed by atoms with Gasteiger partial charge in [-0.15, -0.1) is 0 Å². The molecule has 0 aromatic carbocycles. The van der Waals surface area contributed by atoms with Gasteiger partial charge in [0.1, 0.15) is 0 Å². The fourth-order valence-electron chi connectivity index (χ4n) is 0.223. The van der Waals surface area contributed by atoms with E-state index < -0.39 is 0 Å². The Balaban J connectivity index is 3.75. The SMILES string of the molecule is CC(C)(C)C=NC#N. The van der Waals surface area contributed by atoms with Gasteiger partial charge in [0.25, 0.3) is 0 Å². The Hall–Kier alpha value is -0.840. The quantitative estimate of drug-likeness (QED) is 0.344. The molecule has 8 heavy (non-hydrogen) atoms. The van der Waals surface area contributed by atoms with Gasteiger partial charge in [0.15, 0.2) is 0 Å². The molecule has 0 saturated carbocycles. The van der Waals surface area contributed by atoms with Gasteiger partial charge in [0.2, 0.25) is 6.19 Å². The Bertz CT molecular complexity index is 122. The Morgan fingerprint density at radius 3 is 2.12 bits per heavy atom. The minimum absolute atomic E-state index is 0.0374. The summed E-state index contributed by atoms with van der Waals surface area (Å²) < 4.78 is 0. The summed E-state index contributed by atoms with van der Waals surface area (Å²) >= 11 is 0.